The standard InChI is InChI=1S/C13H17N3O3/c1-15-8-11(7-14-15)2-3-12(17)16-5-4-10(9-16)6-13(18)19/h2-3,7-8,10H,4-6,9H2,1H3,(H,18,19). The predicted molar refractivity (Wildman–Crippen MR) is 69.2 cm³/mol. The number of amides is 1. The van der Waals surface area contributed by atoms with E-state index in [0.29, 0.717) is 13.1 Å². The van der Waals surface area contributed by atoms with Gasteiger partial charge in [0.2, 0.25) is 5.91 Å². The van der Waals surface area contributed by atoms with Crippen LogP contribution in [-0.2, 0) is 16.6 Å². The van der Waals surface area contributed by atoms with E-state index < -0.39 is 5.97 Å². The third-order valence-corrected chi connectivity index (χ3v) is 3.20. The first-order chi connectivity index (χ1) is 9.04. The molecule has 1 aliphatic rings. The van der Waals surface area contributed by atoms with Gasteiger partial charge in [0, 0.05) is 44.4 Å². The Balaban J connectivity index is 1.87. The number of likely N-dealkylation sites (tertiary alicyclic amines) is 1. The van der Waals surface area contributed by atoms with Crippen LogP contribution in [0.3, 0.4) is 0 Å². The molecule has 1 unspecified atom stereocenters. The van der Waals surface area contributed by atoms with Crippen LogP contribution in [0.25, 0.3) is 6.08 Å². The molecule has 1 saturated heterocycles. The number of rotatable bonds is 4. The number of hydrogen-bond acceptors (Lipinski definition) is 3. The molecule has 1 aromatic heterocycles. The molecule has 1 N–H and O–H groups in total. The zero-order valence-corrected chi connectivity index (χ0v) is 10.8. The lowest BCUT2D eigenvalue weighted by molar-refractivity contribution is -0.138. The Morgan fingerprint density at radius 1 is 1.58 bits per heavy atom. The van der Waals surface area contributed by atoms with Crippen molar-refractivity contribution in [3.05, 3.63) is 24.0 Å². The second kappa shape index (κ2) is 5.69. The molecule has 19 heavy (non-hydrogen) atoms. The Labute approximate surface area is 111 Å². The third kappa shape index (κ3) is 3.67. The predicted octanol–water partition coefficient (Wildman–Crippen LogP) is 0.756. The quantitative estimate of drug-likeness (QED) is 0.814. The van der Waals surface area contributed by atoms with Gasteiger partial charge in [0.1, 0.15) is 0 Å². The molecule has 102 valence electrons. The van der Waals surface area contributed by atoms with Gasteiger partial charge in [-0.05, 0) is 18.4 Å². The van der Waals surface area contributed by atoms with E-state index in [1.165, 1.54) is 6.08 Å². The van der Waals surface area contributed by atoms with Gasteiger partial charge in [0.15, 0.2) is 0 Å². The molecule has 1 fully saturated rings. The second-order valence-corrected chi connectivity index (χ2v) is 4.82. The van der Waals surface area contributed by atoms with Crippen LogP contribution >= 0.6 is 0 Å². The van der Waals surface area contributed by atoms with Gasteiger partial charge < -0.3 is 10.0 Å². The number of aryl methyl sites for hydroxylation is 1. The number of carbonyl (C=O) groups excluding carboxylic acids is 1. The van der Waals surface area contributed by atoms with Gasteiger partial charge in [0.25, 0.3) is 0 Å². The monoisotopic (exact) mass is 263 g/mol. The minimum absolute atomic E-state index is 0.0725. The number of aromatic nitrogens is 2. The fraction of sp³-hybridized carbons (Fsp3) is 0.462. The fourth-order valence-corrected chi connectivity index (χ4v) is 2.25. The number of nitrogens with zero attached hydrogens (tertiary/aromatic N) is 3. The van der Waals surface area contributed by atoms with E-state index >= 15 is 0 Å². The normalized spacial score (nSPS) is 19.2. The largest absolute Gasteiger partial charge is 0.481 e. The molecular weight excluding hydrogens is 246 g/mol. The van der Waals surface area contributed by atoms with Crippen LogP contribution in [0.1, 0.15) is 18.4 Å². The van der Waals surface area contributed by atoms with E-state index in [-0.39, 0.29) is 18.2 Å². The SMILES string of the molecule is Cn1cc(C=CC(=O)N2CCC(CC(=O)O)C2)cn1. The molecule has 0 saturated carbocycles. The maximum atomic E-state index is 11.9. The maximum Gasteiger partial charge on any atom is 0.303 e. The van der Waals surface area contributed by atoms with E-state index in [0.717, 1.165) is 12.0 Å². The average Bonchev–Trinajstić information content (AvgIpc) is 2.95. The summed E-state index contributed by atoms with van der Waals surface area (Å²) in [6.07, 6.45) is 7.64. The highest BCUT2D eigenvalue weighted by molar-refractivity contribution is 5.91. The summed E-state index contributed by atoms with van der Waals surface area (Å²) >= 11 is 0. The van der Waals surface area contributed by atoms with Crippen molar-refractivity contribution >= 4 is 18.0 Å². The lowest BCUT2D eigenvalue weighted by atomic mass is 10.1. The van der Waals surface area contributed by atoms with Gasteiger partial charge in [-0.2, -0.15) is 5.10 Å². The summed E-state index contributed by atoms with van der Waals surface area (Å²) in [4.78, 5) is 24.2. The van der Waals surface area contributed by atoms with Crippen molar-refractivity contribution in [2.75, 3.05) is 13.1 Å². The van der Waals surface area contributed by atoms with Crippen LogP contribution in [-0.4, -0.2) is 44.8 Å². The Morgan fingerprint density at radius 3 is 3.00 bits per heavy atom. The molecule has 6 nitrogen and oxygen atoms in total. The number of carboxylic acid groups (broad SMARTS) is 1. The molecule has 1 amide bonds. The zero-order valence-electron chi connectivity index (χ0n) is 10.8. The summed E-state index contributed by atoms with van der Waals surface area (Å²) < 4.78 is 1.67. The van der Waals surface area contributed by atoms with E-state index in [1.54, 1.807) is 21.9 Å². The molecular formula is C13H17N3O3. The van der Waals surface area contributed by atoms with Crippen molar-refractivity contribution in [1.82, 2.24) is 14.7 Å². The number of aliphatic carboxylic acids is 1. The molecule has 0 aliphatic carbocycles. The molecule has 2 rings (SSSR count). The Kier molecular flexibility index (Phi) is 3.99. The third-order valence-electron chi connectivity index (χ3n) is 3.20. The number of carboxylic acids is 1. The highest BCUT2D eigenvalue weighted by Crippen LogP contribution is 2.19. The Bertz CT molecular complexity index is 507. The van der Waals surface area contributed by atoms with Crippen molar-refractivity contribution in [1.29, 1.82) is 0 Å². The Hall–Kier alpha value is -2.11. The molecule has 0 radical (unpaired) electrons. The summed E-state index contributed by atoms with van der Waals surface area (Å²) in [6, 6.07) is 0. The van der Waals surface area contributed by atoms with Crippen LogP contribution < -0.4 is 0 Å². The van der Waals surface area contributed by atoms with Gasteiger partial charge in [-0.3, -0.25) is 14.3 Å². The van der Waals surface area contributed by atoms with Gasteiger partial charge >= 0.3 is 5.97 Å². The molecule has 0 bridgehead atoms. The van der Waals surface area contributed by atoms with Crippen LogP contribution in [0.5, 0.6) is 0 Å². The van der Waals surface area contributed by atoms with Gasteiger partial charge in [-0.25, -0.2) is 0 Å². The van der Waals surface area contributed by atoms with Crippen molar-refractivity contribution in [3.8, 4) is 0 Å². The number of hydrogen-bond donors (Lipinski definition) is 1. The summed E-state index contributed by atoms with van der Waals surface area (Å²) in [7, 11) is 1.82. The highest BCUT2D eigenvalue weighted by Gasteiger charge is 2.26. The lowest BCUT2D eigenvalue weighted by Gasteiger charge is -2.13. The molecule has 6 heteroatoms. The summed E-state index contributed by atoms with van der Waals surface area (Å²) in [5.74, 6) is -0.796. The molecule has 1 aromatic rings. The second-order valence-electron chi connectivity index (χ2n) is 4.82. The van der Waals surface area contributed by atoms with Crippen molar-refractivity contribution in [2.24, 2.45) is 13.0 Å². The van der Waals surface area contributed by atoms with Gasteiger partial charge in [-0.1, -0.05) is 0 Å². The first kappa shape index (κ1) is 13.3. The molecule has 0 spiro atoms. The summed E-state index contributed by atoms with van der Waals surface area (Å²) in [6.45, 7) is 1.16. The minimum Gasteiger partial charge on any atom is -0.481 e. The smallest absolute Gasteiger partial charge is 0.303 e. The van der Waals surface area contributed by atoms with Gasteiger partial charge in [-0.15, -0.1) is 0 Å². The van der Waals surface area contributed by atoms with E-state index in [9.17, 15) is 9.59 Å². The van der Waals surface area contributed by atoms with Crippen molar-refractivity contribution in [2.45, 2.75) is 12.8 Å². The van der Waals surface area contributed by atoms with Crippen LogP contribution in [0.4, 0.5) is 0 Å². The van der Waals surface area contributed by atoms with E-state index in [2.05, 4.69) is 5.10 Å². The summed E-state index contributed by atoms with van der Waals surface area (Å²) in [5, 5.41) is 12.7. The van der Waals surface area contributed by atoms with E-state index in [4.69, 9.17) is 5.11 Å². The van der Waals surface area contributed by atoms with Crippen LogP contribution in [0.2, 0.25) is 0 Å². The zero-order chi connectivity index (χ0) is 13.8. The van der Waals surface area contributed by atoms with Crippen molar-refractivity contribution < 1.29 is 14.7 Å². The van der Waals surface area contributed by atoms with Crippen LogP contribution in [0, 0.1) is 5.92 Å². The highest BCUT2D eigenvalue weighted by atomic mass is 16.4. The van der Waals surface area contributed by atoms with E-state index in [1.807, 2.05) is 13.2 Å². The van der Waals surface area contributed by atoms with Crippen molar-refractivity contribution in [3.63, 3.8) is 0 Å². The Morgan fingerprint density at radius 2 is 2.37 bits per heavy atom. The minimum atomic E-state index is -0.801. The average molecular weight is 263 g/mol. The number of carbonyl (C=O) groups is 2. The van der Waals surface area contributed by atoms with Gasteiger partial charge in [0.05, 0.1) is 6.20 Å². The maximum absolute atomic E-state index is 11.9. The van der Waals surface area contributed by atoms with Crippen LogP contribution in [0.15, 0.2) is 18.5 Å². The molecule has 2 heterocycles. The molecule has 0 aromatic carbocycles. The molecule has 1 aliphatic heterocycles. The fourth-order valence-electron chi connectivity index (χ4n) is 2.25. The molecule has 1 atom stereocenters. The lowest BCUT2D eigenvalue weighted by Crippen LogP contribution is -2.27. The first-order valence-corrected chi connectivity index (χ1v) is 6.22. The summed E-state index contributed by atoms with van der Waals surface area (Å²) in [5.41, 5.74) is 0.872. The first-order valence-electron chi connectivity index (χ1n) is 6.22. The topological polar surface area (TPSA) is 75.4 Å².